The predicted octanol–water partition coefficient (Wildman–Crippen LogP) is 1.34. The Hall–Kier alpha value is -2.08. The van der Waals surface area contributed by atoms with E-state index in [-0.39, 0.29) is 10.6 Å². The fraction of sp³-hybridized carbons (Fsp3) is 0.250. The van der Waals surface area contributed by atoms with E-state index in [4.69, 9.17) is 16.3 Å². The van der Waals surface area contributed by atoms with Crippen LogP contribution in [0.15, 0.2) is 24.3 Å². The molecule has 0 spiro atoms. The molecule has 1 aromatic rings. The molecule has 19 heavy (non-hydrogen) atoms. The molecule has 0 aliphatic rings. The van der Waals surface area contributed by atoms with Crippen LogP contribution in [0.4, 0.5) is 4.79 Å². The third-order valence-corrected chi connectivity index (χ3v) is 2.54. The second-order valence-electron chi connectivity index (χ2n) is 3.60. The topological polar surface area (TPSA) is 84.5 Å². The van der Waals surface area contributed by atoms with Gasteiger partial charge in [-0.2, -0.15) is 0 Å². The smallest absolute Gasteiger partial charge is 0.340 e. The van der Waals surface area contributed by atoms with Crippen molar-refractivity contribution in [2.45, 2.75) is 13.0 Å². The second-order valence-corrected chi connectivity index (χ2v) is 4.00. The first-order chi connectivity index (χ1) is 8.95. The van der Waals surface area contributed by atoms with Gasteiger partial charge < -0.3 is 10.1 Å². The minimum atomic E-state index is -1.11. The number of ether oxygens (including phenoxy) is 1. The zero-order valence-corrected chi connectivity index (χ0v) is 11.2. The number of esters is 1. The summed E-state index contributed by atoms with van der Waals surface area (Å²) in [6, 6.07) is 5.63. The third-order valence-electron chi connectivity index (χ3n) is 2.21. The molecule has 6 nitrogen and oxygen atoms in total. The maximum absolute atomic E-state index is 11.7. The van der Waals surface area contributed by atoms with Crippen molar-refractivity contribution in [3.63, 3.8) is 0 Å². The molecule has 0 aromatic heterocycles. The first-order valence-electron chi connectivity index (χ1n) is 5.43. The molecule has 3 amide bonds. The van der Waals surface area contributed by atoms with E-state index >= 15 is 0 Å². The van der Waals surface area contributed by atoms with Gasteiger partial charge in [0.15, 0.2) is 6.10 Å². The van der Waals surface area contributed by atoms with Gasteiger partial charge in [0.25, 0.3) is 5.91 Å². The van der Waals surface area contributed by atoms with Gasteiger partial charge >= 0.3 is 12.0 Å². The second kappa shape index (κ2) is 6.75. The number of imide groups is 1. The van der Waals surface area contributed by atoms with E-state index in [2.05, 4.69) is 5.32 Å². The lowest BCUT2D eigenvalue weighted by Crippen LogP contribution is -2.43. The van der Waals surface area contributed by atoms with Crippen LogP contribution in [0.3, 0.4) is 0 Å². The molecule has 0 saturated heterocycles. The molecule has 0 aliphatic carbocycles. The van der Waals surface area contributed by atoms with Crippen LogP contribution in [0.2, 0.25) is 5.02 Å². The average Bonchev–Trinajstić information content (AvgIpc) is 2.38. The molecule has 1 aromatic carbocycles. The summed E-state index contributed by atoms with van der Waals surface area (Å²) >= 11 is 5.82. The normalized spacial score (nSPS) is 11.3. The lowest BCUT2D eigenvalue weighted by Gasteiger charge is -2.13. The Balaban J connectivity index is 2.64. The quantitative estimate of drug-likeness (QED) is 0.820. The van der Waals surface area contributed by atoms with Gasteiger partial charge in [0.05, 0.1) is 10.6 Å². The monoisotopic (exact) mass is 284 g/mol. The molecule has 1 rings (SSSR count). The number of benzene rings is 1. The molecule has 7 heteroatoms. The van der Waals surface area contributed by atoms with Crippen molar-refractivity contribution < 1.29 is 19.1 Å². The minimum absolute atomic E-state index is 0.156. The highest BCUT2D eigenvalue weighted by atomic mass is 35.5. The summed E-state index contributed by atoms with van der Waals surface area (Å²) in [5, 5.41) is 4.44. The van der Waals surface area contributed by atoms with Gasteiger partial charge in [-0.05, 0) is 19.1 Å². The number of amides is 3. The van der Waals surface area contributed by atoms with Crippen LogP contribution in [0.1, 0.15) is 17.3 Å². The molecule has 0 heterocycles. The highest BCUT2D eigenvalue weighted by Crippen LogP contribution is 2.16. The molecule has 1 atom stereocenters. The number of hydrogen-bond donors (Lipinski definition) is 2. The molecule has 0 aliphatic heterocycles. The number of nitrogens with one attached hydrogen (secondary N) is 2. The molecule has 2 N–H and O–H groups in total. The number of urea groups is 1. The maximum Gasteiger partial charge on any atom is 0.340 e. The SMILES string of the molecule is CNC(=O)NC(=O)[C@@H](C)OC(=O)c1ccccc1Cl. The van der Waals surface area contributed by atoms with Crippen molar-refractivity contribution in [3.05, 3.63) is 34.9 Å². The van der Waals surface area contributed by atoms with E-state index in [0.29, 0.717) is 0 Å². The molecule has 0 unspecified atom stereocenters. The summed E-state index contributed by atoms with van der Waals surface area (Å²) < 4.78 is 4.91. The lowest BCUT2D eigenvalue weighted by atomic mass is 10.2. The third kappa shape index (κ3) is 4.26. The Morgan fingerprint density at radius 3 is 2.47 bits per heavy atom. The summed E-state index contributed by atoms with van der Waals surface area (Å²) in [4.78, 5) is 34.2. The van der Waals surface area contributed by atoms with E-state index < -0.39 is 24.0 Å². The Bertz CT molecular complexity index is 504. The largest absolute Gasteiger partial charge is 0.449 e. The van der Waals surface area contributed by atoms with Gasteiger partial charge in [0, 0.05) is 7.05 Å². The van der Waals surface area contributed by atoms with Crippen LogP contribution >= 0.6 is 11.6 Å². The van der Waals surface area contributed by atoms with Crippen molar-refractivity contribution in [1.29, 1.82) is 0 Å². The molecular weight excluding hydrogens is 272 g/mol. The van der Waals surface area contributed by atoms with Gasteiger partial charge in [-0.1, -0.05) is 23.7 Å². The van der Waals surface area contributed by atoms with Crippen LogP contribution < -0.4 is 10.6 Å². The van der Waals surface area contributed by atoms with Crippen LogP contribution in [-0.4, -0.2) is 31.1 Å². The zero-order valence-electron chi connectivity index (χ0n) is 10.4. The molecule has 102 valence electrons. The van der Waals surface area contributed by atoms with Crippen LogP contribution in [0.25, 0.3) is 0 Å². The fourth-order valence-corrected chi connectivity index (χ4v) is 1.39. The molecule has 0 fully saturated rings. The Kier molecular flexibility index (Phi) is 5.32. The van der Waals surface area contributed by atoms with Crippen molar-refractivity contribution >= 4 is 29.5 Å². The molecule has 0 bridgehead atoms. The van der Waals surface area contributed by atoms with Crippen molar-refractivity contribution in [2.75, 3.05) is 7.05 Å². The first kappa shape index (κ1) is 15.0. The molecular formula is C12H13ClN2O4. The number of halogens is 1. The summed E-state index contributed by atoms with van der Waals surface area (Å²) in [7, 11) is 1.36. The number of hydrogen-bond acceptors (Lipinski definition) is 4. The fourth-order valence-electron chi connectivity index (χ4n) is 1.18. The zero-order chi connectivity index (χ0) is 14.4. The van der Waals surface area contributed by atoms with Gasteiger partial charge in [-0.3, -0.25) is 10.1 Å². The van der Waals surface area contributed by atoms with Gasteiger partial charge in [-0.15, -0.1) is 0 Å². The van der Waals surface area contributed by atoms with Crippen LogP contribution in [-0.2, 0) is 9.53 Å². The number of carbonyl (C=O) groups is 3. The number of rotatable bonds is 3. The first-order valence-corrected chi connectivity index (χ1v) is 5.81. The summed E-state index contributed by atoms with van der Waals surface area (Å²) in [5.74, 6) is -1.45. The van der Waals surface area contributed by atoms with Crippen LogP contribution in [0, 0.1) is 0 Å². The Morgan fingerprint density at radius 2 is 1.89 bits per heavy atom. The molecule has 0 radical (unpaired) electrons. The average molecular weight is 285 g/mol. The predicted molar refractivity (Wildman–Crippen MR) is 68.9 cm³/mol. The minimum Gasteiger partial charge on any atom is -0.449 e. The summed E-state index contributed by atoms with van der Waals surface area (Å²) in [5.41, 5.74) is 0.156. The van der Waals surface area contributed by atoms with Gasteiger partial charge in [-0.25, -0.2) is 9.59 Å². The van der Waals surface area contributed by atoms with E-state index in [1.807, 2.05) is 5.32 Å². The summed E-state index contributed by atoms with van der Waals surface area (Å²) in [6.07, 6.45) is -1.11. The standard InChI is InChI=1S/C12H13ClN2O4/c1-7(10(16)15-12(18)14-2)19-11(17)8-5-3-4-6-9(8)13/h3-7H,1-2H3,(H2,14,15,16,18)/t7-/m1/s1. The van der Waals surface area contributed by atoms with Crippen molar-refractivity contribution in [1.82, 2.24) is 10.6 Å². The Labute approximate surface area is 115 Å². The van der Waals surface area contributed by atoms with E-state index in [1.54, 1.807) is 12.1 Å². The summed E-state index contributed by atoms with van der Waals surface area (Å²) in [6.45, 7) is 1.35. The molecule has 0 saturated carbocycles. The van der Waals surface area contributed by atoms with E-state index in [1.165, 1.54) is 26.1 Å². The van der Waals surface area contributed by atoms with Gasteiger partial charge in [0.1, 0.15) is 0 Å². The number of carbonyl (C=O) groups excluding carboxylic acids is 3. The maximum atomic E-state index is 11.7. The van der Waals surface area contributed by atoms with Gasteiger partial charge in [0.2, 0.25) is 0 Å². The van der Waals surface area contributed by atoms with Crippen LogP contribution in [0.5, 0.6) is 0 Å². The highest BCUT2D eigenvalue weighted by molar-refractivity contribution is 6.33. The lowest BCUT2D eigenvalue weighted by molar-refractivity contribution is -0.127. The van der Waals surface area contributed by atoms with Crippen molar-refractivity contribution in [2.24, 2.45) is 0 Å². The Morgan fingerprint density at radius 1 is 1.26 bits per heavy atom. The van der Waals surface area contributed by atoms with Crippen molar-refractivity contribution in [3.8, 4) is 0 Å². The highest BCUT2D eigenvalue weighted by Gasteiger charge is 2.21. The van der Waals surface area contributed by atoms with E-state index in [0.717, 1.165) is 0 Å². The van der Waals surface area contributed by atoms with E-state index in [9.17, 15) is 14.4 Å².